The molecule has 0 bridgehead atoms. The first-order valence-corrected chi connectivity index (χ1v) is 7.11. The van der Waals surface area contributed by atoms with Crippen LogP contribution in [0.5, 0.6) is 0 Å². The predicted molar refractivity (Wildman–Crippen MR) is 78.6 cm³/mol. The monoisotopic (exact) mass is 249 g/mol. The lowest BCUT2D eigenvalue weighted by Gasteiger charge is -2.28. The van der Waals surface area contributed by atoms with Crippen molar-refractivity contribution in [3.63, 3.8) is 0 Å². The summed E-state index contributed by atoms with van der Waals surface area (Å²) in [5.41, 5.74) is 7.52. The van der Waals surface area contributed by atoms with E-state index in [9.17, 15) is 0 Å². The van der Waals surface area contributed by atoms with Crippen LogP contribution in [0.1, 0.15) is 45.7 Å². The first-order valence-electron chi connectivity index (χ1n) is 7.11. The molecule has 0 fully saturated rings. The first-order chi connectivity index (χ1) is 8.67. The lowest BCUT2D eigenvalue weighted by Crippen LogP contribution is -2.35. The second-order valence-corrected chi connectivity index (χ2v) is 4.98. The quantitative estimate of drug-likeness (QED) is 0.769. The van der Waals surface area contributed by atoms with Gasteiger partial charge in [0.2, 0.25) is 0 Å². The Bertz CT molecular complexity index is 321. The molecule has 1 heterocycles. The molecule has 1 unspecified atom stereocenters. The van der Waals surface area contributed by atoms with E-state index < -0.39 is 0 Å². The van der Waals surface area contributed by atoms with Gasteiger partial charge >= 0.3 is 0 Å². The van der Waals surface area contributed by atoms with Gasteiger partial charge < -0.3 is 10.6 Å². The van der Waals surface area contributed by atoms with E-state index in [-0.39, 0.29) is 0 Å². The molecule has 3 nitrogen and oxygen atoms in total. The number of nitrogens with two attached hydrogens (primary N) is 1. The van der Waals surface area contributed by atoms with E-state index in [0.29, 0.717) is 6.04 Å². The van der Waals surface area contributed by atoms with Gasteiger partial charge in [-0.15, -0.1) is 0 Å². The van der Waals surface area contributed by atoms with Crippen molar-refractivity contribution in [1.29, 1.82) is 0 Å². The smallest absolute Gasteiger partial charge is 0.0501 e. The van der Waals surface area contributed by atoms with E-state index in [1.165, 1.54) is 25.8 Å². The fraction of sp³-hybridized carbons (Fsp3) is 0.667. The Morgan fingerprint density at radius 2 is 2.06 bits per heavy atom. The fourth-order valence-electron chi connectivity index (χ4n) is 2.01. The minimum Gasteiger partial charge on any atom is -0.397 e. The molecule has 0 saturated carbocycles. The topological polar surface area (TPSA) is 42.1 Å². The fourth-order valence-corrected chi connectivity index (χ4v) is 2.01. The van der Waals surface area contributed by atoms with Crippen LogP contribution in [0.25, 0.3) is 0 Å². The summed E-state index contributed by atoms with van der Waals surface area (Å²) in [4.78, 5) is 6.93. The van der Waals surface area contributed by atoms with Gasteiger partial charge in [0, 0.05) is 24.7 Å². The number of hydrogen-bond acceptors (Lipinski definition) is 3. The van der Waals surface area contributed by atoms with Crippen LogP contribution in [-0.4, -0.2) is 29.0 Å². The minimum atomic E-state index is 0.658. The number of anilines is 1. The van der Waals surface area contributed by atoms with E-state index in [1.54, 1.807) is 6.20 Å². The minimum absolute atomic E-state index is 0.658. The highest BCUT2D eigenvalue weighted by molar-refractivity contribution is 5.34. The summed E-state index contributed by atoms with van der Waals surface area (Å²) in [6.45, 7) is 9.10. The largest absolute Gasteiger partial charge is 0.397 e. The lowest BCUT2D eigenvalue weighted by atomic mass is 10.1. The molecule has 0 aliphatic heterocycles. The summed E-state index contributed by atoms with van der Waals surface area (Å²) in [6.07, 6.45) is 6.49. The predicted octanol–water partition coefficient (Wildman–Crippen LogP) is 3.11. The number of nitrogen functional groups attached to an aromatic ring is 1. The second-order valence-electron chi connectivity index (χ2n) is 4.98. The molecule has 18 heavy (non-hydrogen) atoms. The molecular weight excluding hydrogens is 222 g/mol. The van der Waals surface area contributed by atoms with Crippen LogP contribution in [0.4, 0.5) is 5.69 Å². The molecule has 0 radical (unpaired) electrons. The first kappa shape index (κ1) is 15.0. The van der Waals surface area contributed by atoms with Crippen LogP contribution in [0, 0.1) is 0 Å². The van der Waals surface area contributed by atoms with Gasteiger partial charge in [-0.2, -0.15) is 0 Å². The van der Waals surface area contributed by atoms with Crippen LogP contribution in [0.3, 0.4) is 0 Å². The summed E-state index contributed by atoms with van der Waals surface area (Å²) >= 11 is 0. The van der Waals surface area contributed by atoms with Crippen LogP contribution in [0.2, 0.25) is 0 Å². The van der Waals surface area contributed by atoms with Crippen molar-refractivity contribution in [1.82, 2.24) is 9.88 Å². The van der Waals surface area contributed by atoms with Gasteiger partial charge in [-0.25, -0.2) is 0 Å². The Morgan fingerprint density at radius 3 is 2.61 bits per heavy atom. The zero-order valence-electron chi connectivity index (χ0n) is 12.0. The average Bonchev–Trinajstić information content (AvgIpc) is 2.40. The summed E-state index contributed by atoms with van der Waals surface area (Å²) in [5, 5.41) is 0. The molecule has 0 aliphatic rings. The van der Waals surface area contributed by atoms with Crippen molar-refractivity contribution in [3.8, 4) is 0 Å². The van der Waals surface area contributed by atoms with Gasteiger partial charge in [-0.1, -0.05) is 20.3 Å². The molecule has 1 aromatic rings. The number of pyridine rings is 1. The van der Waals surface area contributed by atoms with Gasteiger partial charge in [0.1, 0.15) is 0 Å². The Balaban J connectivity index is 2.47. The highest BCUT2D eigenvalue weighted by Crippen LogP contribution is 2.08. The number of aromatic nitrogens is 1. The Morgan fingerprint density at radius 1 is 1.28 bits per heavy atom. The van der Waals surface area contributed by atoms with Crippen LogP contribution >= 0.6 is 0 Å². The SMILES string of the molecule is CCCCN(CCc1ccc(N)cn1)C(C)CC. The average molecular weight is 249 g/mol. The van der Waals surface area contributed by atoms with Crippen molar-refractivity contribution >= 4 is 5.69 Å². The van der Waals surface area contributed by atoms with Crippen molar-refractivity contribution in [3.05, 3.63) is 24.0 Å². The van der Waals surface area contributed by atoms with Crippen molar-refractivity contribution in [2.24, 2.45) is 0 Å². The summed E-state index contributed by atoms with van der Waals surface area (Å²) in [5.74, 6) is 0. The summed E-state index contributed by atoms with van der Waals surface area (Å²) < 4.78 is 0. The molecule has 2 N–H and O–H groups in total. The summed E-state index contributed by atoms with van der Waals surface area (Å²) in [7, 11) is 0. The third-order valence-electron chi connectivity index (χ3n) is 3.52. The molecule has 3 heteroatoms. The summed E-state index contributed by atoms with van der Waals surface area (Å²) in [6, 6.07) is 4.62. The van der Waals surface area contributed by atoms with Gasteiger partial charge in [-0.05, 0) is 38.4 Å². The van der Waals surface area contributed by atoms with Gasteiger partial charge in [0.05, 0.1) is 11.9 Å². The molecule has 1 rings (SSSR count). The number of rotatable bonds is 8. The van der Waals surface area contributed by atoms with Crippen molar-refractivity contribution in [2.75, 3.05) is 18.8 Å². The molecule has 102 valence electrons. The highest BCUT2D eigenvalue weighted by atomic mass is 15.1. The number of nitrogens with zero attached hydrogens (tertiary/aromatic N) is 2. The molecule has 0 aromatic carbocycles. The maximum Gasteiger partial charge on any atom is 0.0501 e. The molecule has 0 spiro atoms. The zero-order chi connectivity index (χ0) is 13.4. The number of hydrogen-bond donors (Lipinski definition) is 1. The van der Waals surface area contributed by atoms with E-state index in [2.05, 4.69) is 30.7 Å². The van der Waals surface area contributed by atoms with E-state index in [1.807, 2.05) is 12.1 Å². The maximum absolute atomic E-state index is 5.65. The zero-order valence-corrected chi connectivity index (χ0v) is 12.0. The van der Waals surface area contributed by atoms with Crippen LogP contribution in [0.15, 0.2) is 18.3 Å². The maximum atomic E-state index is 5.65. The van der Waals surface area contributed by atoms with Gasteiger partial charge in [0.15, 0.2) is 0 Å². The second kappa shape index (κ2) is 8.09. The Hall–Kier alpha value is -1.09. The molecule has 0 amide bonds. The molecular formula is C15H27N3. The molecule has 1 atom stereocenters. The molecule has 0 aliphatic carbocycles. The highest BCUT2D eigenvalue weighted by Gasteiger charge is 2.11. The van der Waals surface area contributed by atoms with Gasteiger partial charge in [-0.3, -0.25) is 4.98 Å². The number of unbranched alkanes of at least 4 members (excludes halogenated alkanes) is 1. The third-order valence-corrected chi connectivity index (χ3v) is 3.52. The third kappa shape index (κ3) is 5.05. The van der Waals surface area contributed by atoms with Gasteiger partial charge in [0.25, 0.3) is 0 Å². The standard InChI is InChI=1S/C15H27N3/c1-4-6-10-18(13(3)5-2)11-9-15-8-7-14(16)12-17-15/h7-8,12-13H,4-6,9-11,16H2,1-3H3. The van der Waals surface area contributed by atoms with Crippen LogP contribution in [-0.2, 0) is 6.42 Å². The van der Waals surface area contributed by atoms with E-state index >= 15 is 0 Å². The van der Waals surface area contributed by atoms with E-state index in [0.717, 1.165) is 24.3 Å². The van der Waals surface area contributed by atoms with Crippen LogP contribution < -0.4 is 5.73 Å². The normalized spacial score (nSPS) is 12.9. The Kier molecular flexibility index (Phi) is 6.73. The van der Waals surface area contributed by atoms with Crippen molar-refractivity contribution < 1.29 is 0 Å². The van der Waals surface area contributed by atoms with Crippen molar-refractivity contribution in [2.45, 2.75) is 52.5 Å². The molecule has 1 aromatic heterocycles. The lowest BCUT2D eigenvalue weighted by molar-refractivity contribution is 0.203. The van der Waals surface area contributed by atoms with E-state index in [4.69, 9.17) is 5.73 Å². The Labute approximate surface area is 111 Å². The molecule has 0 saturated heterocycles.